The van der Waals surface area contributed by atoms with Crippen LogP contribution in [0, 0.1) is 13.8 Å². The average Bonchev–Trinajstić information content (AvgIpc) is 3.11. The third-order valence-electron chi connectivity index (χ3n) is 5.31. The molecule has 1 fully saturated rings. The first kappa shape index (κ1) is 18.6. The number of rotatable bonds is 4. The molecule has 0 unspecified atom stereocenters. The standard InChI is InChI=1S/C21H25N5O2/c1-15-6-5-7-16(2)19(15)23-18(27)14-26-12-9-21(10-13-26)24-20(25-28-21)17-8-3-4-11-22-17/h3-8,11H,9-10,12-14H2,1-2H3,(H,23,27)(H,24,25). The number of benzene rings is 1. The monoisotopic (exact) mass is 379 g/mol. The molecule has 2 N–H and O–H groups in total. The summed E-state index contributed by atoms with van der Waals surface area (Å²) in [4.78, 5) is 29.5. The van der Waals surface area contributed by atoms with E-state index in [0.29, 0.717) is 12.4 Å². The van der Waals surface area contributed by atoms with Gasteiger partial charge in [0, 0.05) is 37.8 Å². The van der Waals surface area contributed by atoms with Gasteiger partial charge in [-0.15, -0.1) is 0 Å². The average molecular weight is 379 g/mol. The van der Waals surface area contributed by atoms with Crippen LogP contribution in [0.25, 0.3) is 0 Å². The van der Waals surface area contributed by atoms with Crippen molar-refractivity contribution in [2.75, 3.05) is 25.0 Å². The van der Waals surface area contributed by atoms with E-state index in [1.807, 2.05) is 50.2 Å². The number of amidine groups is 1. The van der Waals surface area contributed by atoms with Crippen molar-refractivity contribution in [3.05, 3.63) is 59.4 Å². The van der Waals surface area contributed by atoms with Crippen molar-refractivity contribution in [2.45, 2.75) is 32.4 Å². The predicted molar refractivity (Wildman–Crippen MR) is 108 cm³/mol. The largest absolute Gasteiger partial charge is 0.324 e. The van der Waals surface area contributed by atoms with Gasteiger partial charge in [0.15, 0.2) is 11.6 Å². The fraction of sp³-hybridized carbons (Fsp3) is 0.381. The smallest absolute Gasteiger partial charge is 0.238 e. The maximum atomic E-state index is 12.5. The Morgan fingerprint density at radius 1 is 1.18 bits per heavy atom. The molecule has 0 saturated carbocycles. The lowest BCUT2D eigenvalue weighted by Gasteiger charge is -2.35. The summed E-state index contributed by atoms with van der Waals surface area (Å²) in [6.07, 6.45) is 3.20. The van der Waals surface area contributed by atoms with E-state index in [1.54, 1.807) is 6.20 Å². The number of carbonyl (C=O) groups excluding carboxylic acids is 1. The van der Waals surface area contributed by atoms with Gasteiger partial charge in [-0.1, -0.05) is 24.3 Å². The normalized spacial score (nSPS) is 18.6. The van der Waals surface area contributed by atoms with Gasteiger partial charge in [0.05, 0.1) is 6.54 Å². The molecule has 1 aromatic heterocycles. The number of nitrogens with one attached hydrogen (secondary N) is 2. The molecule has 0 atom stereocenters. The van der Waals surface area contributed by atoms with Gasteiger partial charge in [-0.25, -0.2) is 15.3 Å². The fourth-order valence-electron chi connectivity index (χ4n) is 3.67. The van der Waals surface area contributed by atoms with Crippen LogP contribution in [0.5, 0.6) is 0 Å². The minimum atomic E-state index is -0.563. The summed E-state index contributed by atoms with van der Waals surface area (Å²) in [5.41, 5.74) is 6.20. The third-order valence-corrected chi connectivity index (χ3v) is 5.31. The zero-order valence-electron chi connectivity index (χ0n) is 16.2. The second-order valence-electron chi connectivity index (χ2n) is 7.42. The Morgan fingerprint density at radius 2 is 1.93 bits per heavy atom. The lowest BCUT2D eigenvalue weighted by atomic mass is 10.0. The number of aromatic nitrogens is 1. The van der Waals surface area contributed by atoms with Crippen LogP contribution in [0.2, 0.25) is 0 Å². The highest BCUT2D eigenvalue weighted by atomic mass is 16.7. The summed E-state index contributed by atoms with van der Waals surface area (Å²) >= 11 is 0. The van der Waals surface area contributed by atoms with Crippen LogP contribution in [-0.2, 0) is 9.63 Å². The first-order valence-corrected chi connectivity index (χ1v) is 9.58. The quantitative estimate of drug-likeness (QED) is 0.853. The Labute approximate surface area is 164 Å². The molecule has 2 aliphatic rings. The molecule has 1 saturated heterocycles. The molecule has 7 heteroatoms. The second kappa shape index (κ2) is 7.69. The topological polar surface area (TPSA) is 78.9 Å². The molecular formula is C21H25N5O2. The number of nitrogens with zero attached hydrogens (tertiary/aromatic N) is 3. The molecule has 28 heavy (non-hydrogen) atoms. The molecule has 2 aliphatic heterocycles. The minimum absolute atomic E-state index is 0.0106. The number of hydrogen-bond acceptors (Lipinski definition) is 6. The fourth-order valence-corrected chi connectivity index (χ4v) is 3.67. The summed E-state index contributed by atoms with van der Waals surface area (Å²) in [6, 6.07) is 11.7. The first-order valence-electron chi connectivity index (χ1n) is 9.58. The highest BCUT2D eigenvalue weighted by Gasteiger charge is 2.40. The molecule has 0 bridgehead atoms. The Hall–Kier alpha value is -2.77. The van der Waals surface area contributed by atoms with Crippen LogP contribution in [0.15, 0.2) is 47.6 Å². The van der Waals surface area contributed by atoms with Crippen LogP contribution in [0.3, 0.4) is 0 Å². The number of carbonyl (C=O) groups is 1. The van der Waals surface area contributed by atoms with E-state index in [2.05, 4.69) is 20.7 Å². The van der Waals surface area contributed by atoms with E-state index < -0.39 is 5.72 Å². The number of hydroxylamine groups is 1. The van der Waals surface area contributed by atoms with E-state index >= 15 is 0 Å². The minimum Gasteiger partial charge on any atom is -0.324 e. The van der Waals surface area contributed by atoms with Gasteiger partial charge in [0.2, 0.25) is 5.91 Å². The summed E-state index contributed by atoms with van der Waals surface area (Å²) in [7, 11) is 0. The van der Waals surface area contributed by atoms with Crippen LogP contribution in [0.4, 0.5) is 5.69 Å². The molecule has 4 rings (SSSR count). The number of amides is 1. The number of hydrogen-bond donors (Lipinski definition) is 2. The van der Waals surface area contributed by atoms with Crippen molar-refractivity contribution in [2.24, 2.45) is 4.99 Å². The molecule has 1 amide bonds. The highest BCUT2D eigenvalue weighted by molar-refractivity contribution is 5.97. The number of para-hydroxylation sites is 1. The number of aliphatic imine (C=N–C) groups is 1. The number of anilines is 1. The van der Waals surface area contributed by atoms with Gasteiger partial charge in [0.1, 0.15) is 5.69 Å². The van der Waals surface area contributed by atoms with E-state index in [9.17, 15) is 4.79 Å². The third kappa shape index (κ3) is 3.90. The van der Waals surface area contributed by atoms with Crippen LogP contribution in [0.1, 0.15) is 29.7 Å². The van der Waals surface area contributed by atoms with Crippen LogP contribution < -0.4 is 10.8 Å². The summed E-state index contributed by atoms with van der Waals surface area (Å²) in [6.45, 7) is 5.89. The number of piperidine rings is 1. The van der Waals surface area contributed by atoms with Gasteiger partial charge in [-0.3, -0.25) is 14.7 Å². The molecule has 2 aromatic rings. The zero-order valence-corrected chi connectivity index (χ0v) is 16.2. The van der Waals surface area contributed by atoms with Crippen LogP contribution in [-0.4, -0.2) is 47.0 Å². The highest BCUT2D eigenvalue weighted by Crippen LogP contribution is 2.30. The predicted octanol–water partition coefficient (Wildman–Crippen LogP) is 2.41. The van der Waals surface area contributed by atoms with Gasteiger partial charge < -0.3 is 5.32 Å². The number of aryl methyl sites for hydroxylation is 2. The van der Waals surface area contributed by atoms with Crippen molar-refractivity contribution >= 4 is 17.4 Å². The molecule has 0 aliphatic carbocycles. The maximum Gasteiger partial charge on any atom is 0.238 e. The molecule has 7 nitrogen and oxygen atoms in total. The van der Waals surface area contributed by atoms with E-state index in [0.717, 1.165) is 48.4 Å². The van der Waals surface area contributed by atoms with Gasteiger partial charge >= 0.3 is 0 Å². The van der Waals surface area contributed by atoms with Crippen LogP contribution >= 0.6 is 0 Å². The van der Waals surface area contributed by atoms with E-state index in [-0.39, 0.29) is 5.91 Å². The lowest BCUT2D eigenvalue weighted by Crippen LogP contribution is -2.46. The number of likely N-dealkylation sites (tertiary alicyclic amines) is 1. The van der Waals surface area contributed by atoms with E-state index in [1.165, 1.54) is 0 Å². The summed E-state index contributed by atoms with van der Waals surface area (Å²) < 4.78 is 0. The summed E-state index contributed by atoms with van der Waals surface area (Å²) in [5.74, 6) is 0.679. The molecular weight excluding hydrogens is 354 g/mol. The SMILES string of the molecule is Cc1cccc(C)c1NC(=O)CN1CCC2(CC1)N=C(c1ccccn1)NO2. The Balaban J connectivity index is 1.33. The van der Waals surface area contributed by atoms with E-state index in [4.69, 9.17) is 9.83 Å². The first-order chi connectivity index (χ1) is 13.5. The van der Waals surface area contributed by atoms with Crippen molar-refractivity contribution in [3.8, 4) is 0 Å². The molecule has 146 valence electrons. The van der Waals surface area contributed by atoms with Crippen molar-refractivity contribution in [3.63, 3.8) is 0 Å². The second-order valence-corrected chi connectivity index (χ2v) is 7.42. The molecule has 0 radical (unpaired) electrons. The van der Waals surface area contributed by atoms with Gasteiger partial charge in [-0.2, -0.15) is 0 Å². The maximum absolute atomic E-state index is 12.5. The van der Waals surface area contributed by atoms with Gasteiger partial charge in [0.25, 0.3) is 0 Å². The molecule has 1 spiro atoms. The molecule has 1 aromatic carbocycles. The Bertz CT molecular complexity index is 869. The summed E-state index contributed by atoms with van der Waals surface area (Å²) in [5, 5.41) is 3.06. The van der Waals surface area contributed by atoms with Gasteiger partial charge in [-0.05, 0) is 37.1 Å². The zero-order chi connectivity index (χ0) is 19.6. The Morgan fingerprint density at radius 3 is 2.61 bits per heavy atom. The molecule has 3 heterocycles. The van der Waals surface area contributed by atoms with Crippen molar-refractivity contribution < 1.29 is 9.63 Å². The Kier molecular flexibility index (Phi) is 5.11. The number of pyridine rings is 1. The van der Waals surface area contributed by atoms with Crippen molar-refractivity contribution in [1.82, 2.24) is 15.4 Å². The van der Waals surface area contributed by atoms with Crippen molar-refractivity contribution in [1.29, 1.82) is 0 Å². The lowest BCUT2D eigenvalue weighted by molar-refractivity contribution is -0.120.